The summed E-state index contributed by atoms with van der Waals surface area (Å²) in [7, 11) is 0. The number of carbonyl (C=O) groups excluding carboxylic acids is 1. The van der Waals surface area contributed by atoms with E-state index in [2.05, 4.69) is 20.8 Å². The van der Waals surface area contributed by atoms with Gasteiger partial charge in [0.05, 0.1) is 5.02 Å². The normalized spacial score (nSPS) is 14.6. The van der Waals surface area contributed by atoms with E-state index in [1.807, 2.05) is 6.07 Å². The third kappa shape index (κ3) is 5.64. The van der Waals surface area contributed by atoms with Gasteiger partial charge in [0, 0.05) is 42.2 Å². The number of hydrogen-bond acceptors (Lipinski definition) is 4. The van der Waals surface area contributed by atoms with Crippen molar-refractivity contribution in [3.05, 3.63) is 86.0 Å². The number of halogens is 4. The number of hydrogen-bond donors (Lipinski definition) is 0. The zero-order valence-electron chi connectivity index (χ0n) is 17.0. The van der Waals surface area contributed by atoms with Gasteiger partial charge in [-0.05, 0) is 48.0 Å². The Morgan fingerprint density at radius 1 is 1.03 bits per heavy atom. The highest BCUT2D eigenvalue weighted by atomic mass is 79.9. The molecule has 0 aliphatic carbocycles. The molecule has 1 fully saturated rings. The summed E-state index contributed by atoms with van der Waals surface area (Å²) < 4.78 is 25.5. The van der Waals surface area contributed by atoms with Crippen LogP contribution in [0.4, 0.5) is 4.39 Å². The Morgan fingerprint density at radius 2 is 1.81 bits per heavy atom. The summed E-state index contributed by atoms with van der Waals surface area (Å²) in [4.78, 5) is 16.8. The minimum Gasteiger partial charge on any atom is -0.484 e. The maximum absolute atomic E-state index is 13.2. The molecule has 168 valence electrons. The molecule has 1 amide bonds. The zero-order chi connectivity index (χ0) is 22.7. The van der Waals surface area contributed by atoms with Crippen molar-refractivity contribution in [2.24, 2.45) is 0 Å². The monoisotopic (exact) mass is 540 g/mol. The van der Waals surface area contributed by atoms with Crippen LogP contribution in [0.2, 0.25) is 10.0 Å². The van der Waals surface area contributed by atoms with Gasteiger partial charge in [-0.25, -0.2) is 4.39 Å². The summed E-state index contributed by atoms with van der Waals surface area (Å²) in [6.07, 6.45) is 0. The molecule has 32 heavy (non-hydrogen) atoms. The van der Waals surface area contributed by atoms with Crippen LogP contribution in [0.3, 0.4) is 0 Å². The quantitative estimate of drug-likeness (QED) is 0.382. The molecule has 9 heteroatoms. The van der Waals surface area contributed by atoms with Crippen molar-refractivity contribution in [3.8, 4) is 5.75 Å². The summed E-state index contributed by atoms with van der Waals surface area (Å²) >= 11 is 15.6. The number of carbonyl (C=O) groups is 1. The molecule has 0 radical (unpaired) electrons. The molecule has 0 N–H and O–H groups in total. The fourth-order valence-corrected chi connectivity index (χ4v) is 4.42. The lowest BCUT2D eigenvalue weighted by Crippen LogP contribution is -2.48. The number of amides is 1. The fourth-order valence-electron chi connectivity index (χ4n) is 3.47. The first kappa shape index (κ1) is 23.1. The topological polar surface area (TPSA) is 45.9 Å². The van der Waals surface area contributed by atoms with E-state index in [4.69, 9.17) is 32.4 Å². The lowest BCUT2D eigenvalue weighted by Gasteiger charge is -2.34. The van der Waals surface area contributed by atoms with Gasteiger partial charge in [-0.3, -0.25) is 9.69 Å². The van der Waals surface area contributed by atoms with E-state index in [0.29, 0.717) is 54.3 Å². The van der Waals surface area contributed by atoms with Crippen LogP contribution in [0.1, 0.15) is 21.9 Å². The van der Waals surface area contributed by atoms with Crippen molar-refractivity contribution in [1.82, 2.24) is 9.80 Å². The van der Waals surface area contributed by atoms with Crippen molar-refractivity contribution < 1.29 is 18.3 Å². The highest BCUT2D eigenvalue weighted by Crippen LogP contribution is 2.28. The van der Waals surface area contributed by atoms with E-state index in [1.165, 1.54) is 12.1 Å². The summed E-state index contributed by atoms with van der Waals surface area (Å²) in [5, 5.41) is 0.903. The van der Waals surface area contributed by atoms with Crippen molar-refractivity contribution in [1.29, 1.82) is 0 Å². The molecule has 1 aromatic heterocycles. The van der Waals surface area contributed by atoms with E-state index in [1.54, 1.807) is 35.2 Å². The standard InChI is InChI=1S/C23H20BrCl2FN2O3/c24-16-2-5-21(20(26)11-16)31-14-18-4-6-22(32-18)23(30)29-9-7-28(8-10-29)13-15-1-3-17(27)12-19(15)25/h1-6,11-12H,7-10,13-14H2. The molecule has 4 rings (SSSR count). The van der Waals surface area contributed by atoms with Gasteiger partial charge < -0.3 is 14.1 Å². The maximum atomic E-state index is 13.2. The third-order valence-corrected chi connectivity index (χ3v) is 6.35. The van der Waals surface area contributed by atoms with Crippen LogP contribution >= 0.6 is 39.1 Å². The molecule has 0 unspecified atom stereocenters. The average molecular weight is 542 g/mol. The maximum Gasteiger partial charge on any atom is 0.289 e. The number of ether oxygens (including phenoxy) is 1. The molecule has 2 aromatic carbocycles. The zero-order valence-corrected chi connectivity index (χ0v) is 20.1. The van der Waals surface area contributed by atoms with E-state index >= 15 is 0 Å². The highest BCUT2D eigenvalue weighted by molar-refractivity contribution is 9.10. The van der Waals surface area contributed by atoms with Crippen LogP contribution in [0, 0.1) is 5.82 Å². The molecule has 1 aliphatic heterocycles. The number of benzene rings is 2. The van der Waals surface area contributed by atoms with Gasteiger partial charge in [-0.15, -0.1) is 0 Å². The molecule has 3 aromatic rings. The number of furan rings is 1. The lowest BCUT2D eigenvalue weighted by molar-refractivity contribution is 0.0594. The number of rotatable bonds is 6. The molecule has 1 aliphatic rings. The van der Waals surface area contributed by atoms with Gasteiger partial charge >= 0.3 is 0 Å². The Labute approximate surface area is 203 Å². The van der Waals surface area contributed by atoms with Crippen molar-refractivity contribution in [3.63, 3.8) is 0 Å². The Kier molecular flexibility index (Phi) is 7.40. The largest absolute Gasteiger partial charge is 0.484 e. The Morgan fingerprint density at radius 3 is 2.53 bits per heavy atom. The summed E-state index contributed by atoms with van der Waals surface area (Å²) in [6, 6.07) is 13.2. The smallest absolute Gasteiger partial charge is 0.289 e. The summed E-state index contributed by atoms with van der Waals surface area (Å²) in [6.45, 7) is 3.30. The second kappa shape index (κ2) is 10.3. The van der Waals surface area contributed by atoms with E-state index in [-0.39, 0.29) is 24.1 Å². The van der Waals surface area contributed by atoms with Crippen LogP contribution in [-0.4, -0.2) is 41.9 Å². The Balaban J connectivity index is 1.29. The molecule has 0 saturated carbocycles. The first-order chi connectivity index (χ1) is 15.4. The van der Waals surface area contributed by atoms with Gasteiger partial charge in [0.1, 0.15) is 23.9 Å². The van der Waals surface area contributed by atoms with Crippen LogP contribution in [0.5, 0.6) is 5.75 Å². The van der Waals surface area contributed by atoms with Crippen molar-refractivity contribution in [2.75, 3.05) is 26.2 Å². The van der Waals surface area contributed by atoms with Crippen LogP contribution in [0.15, 0.2) is 57.4 Å². The summed E-state index contributed by atoms with van der Waals surface area (Å²) in [5.74, 6) is 0.851. The molecular formula is C23H20BrCl2FN2O3. The SMILES string of the molecule is O=C(c1ccc(COc2ccc(Br)cc2Cl)o1)N1CCN(Cc2ccc(F)cc2Cl)CC1. The molecule has 1 saturated heterocycles. The van der Waals surface area contributed by atoms with Crippen LogP contribution in [-0.2, 0) is 13.2 Å². The molecular weight excluding hydrogens is 522 g/mol. The minimum absolute atomic E-state index is 0.155. The minimum atomic E-state index is -0.350. The van der Waals surface area contributed by atoms with Crippen LogP contribution in [0.25, 0.3) is 0 Å². The van der Waals surface area contributed by atoms with Gasteiger partial charge in [0.2, 0.25) is 0 Å². The van der Waals surface area contributed by atoms with E-state index in [9.17, 15) is 9.18 Å². The lowest BCUT2D eigenvalue weighted by atomic mass is 10.2. The first-order valence-corrected chi connectivity index (χ1v) is 11.6. The van der Waals surface area contributed by atoms with Crippen molar-refractivity contribution >= 4 is 45.0 Å². The second-order valence-corrected chi connectivity index (χ2v) is 9.16. The molecule has 5 nitrogen and oxygen atoms in total. The second-order valence-electron chi connectivity index (χ2n) is 7.43. The molecule has 0 bridgehead atoms. The van der Waals surface area contributed by atoms with E-state index < -0.39 is 0 Å². The molecule has 0 atom stereocenters. The fraction of sp³-hybridized carbons (Fsp3) is 0.261. The Bertz CT molecular complexity index is 1120. The molecule has 2 heterocycles. The van der Waals surface area contributed by atoms with Crippen molar-refractivity contribution in [2.45, 2.75) is 13.2 Å². The van der Waals surface area contributed by atoms with Gasteiger partial charge in [-0.1, -0.05) is 45.2 Å². The molecule has 0 spiro atoms. The first-order valence-electron chi connectivity index (χ1n) is 10.0. The van der Waals surface area contributed by atoms with Crippen LogP contribution < -0.4 is 4.74 Å². The summed E-state index contributed by atoms with van der Waals surface area (Å²) in [5.41, 5.74) is 0.870. The average Bonchev–Trinajstić information content (AvgIpc) is 3.24. The number of piperazine rings is 1. The van der Waals surface area contributed by atoms with Gasteiger partial charge in [0.25, 0.3) is 5.91 Å². The predicted octanol–water partition coefficient (Wildman–Crippen LogP) is 6.03. The third-order valence-electron chi connectivity index (χ3n) is 5.20. The predicted molar refractivity (Wildman–Crippen MR) is 125 cm³/mol. The number of nitrogens with zero attached hydrogens (tertiary/aromatic N) is 2. The highest BCUT2D eigenvalue weighted by Gasteiger charge is 2.24. The van der Waals surface area contributed by atoms with Gasteiger partial charge in [0.15, 0.2) is 5.76 Å². The van der Waals surface area contributed by atoms with E-state index in [0.717, 1.165) is 10.0 Å². The van der Waals surface area contributed by atoms with Gasteiger partial charge in [-0.2, -0.15) is 0 Å². The Hall–Kier alpha value is -2.06.